The van der Waals surface area contributed by atoms with Gasteiger partial charge in [0.1, 0.15) is 0 Å². The number of carbonyl (C=O) groups is 1. The molecule has 3 rings (SSSR count). The van der Waals surface area contributed by atoms with Gasteiger partial charge < -0.3 is 10.2 Å². The second-order valence-corrected chi connectivity index (χ2v) is 8.36. The zero-order chi connectivity index (χ0) is 23.4. The second-order valence-electron chi connectivity index (χ2n) is 7.92. The zero-order valence-corrected chi connectivity index (χ0v) is 20.1. The molecule has 0 spiro atoms. The molecule has 0 bridgehead atoms. The quantitative estimate of drug-likeness (QED) is 0.442. The molecule has 0 fully saturated rings. The Balaban J connectivity index is 1.91. The molecule has 0 saturated carbocycles. The van der Waals surface area contributed by atoms with Gasteiger partial charge in [0.05, 0.1) is 12.2 Å². The van der Waals surface area contributed by atoms with Crippen molar-refractivity contribution < 1.29 is 4.79 Å². The minimum Gasteiger partial charge on any atom is -0.378 e. The first-order chi connectivity index (χ1) is 15.2. The van der Waals surface area contributed by atoms with Gasteiger partial charge in [-0.2, -0.15) is 5.10 Å². The number of nitrogens with one attached hydrogen (secondary N) is 2. The molecule has 0 aliphatic heterocycles. The lowest BCUT2D eigenvalue weighted by molar-refractivity contribution is 0.0977. The van der Waals surface area contributed by atoms with Crippen molar-refractivity contribution in [1.29, 1.82) is 0 Å². The summed E-state index contributed by atoms with van der Waals surface area (Å²) in [6, 6.07) is 13.0. The van der Waals surface area contributed by atoms with Crippen LogP contribution in [0.1, 0.15) is 32.9 Å². The number of aromatic nitrogens is 2. The summed E-state index contributed by atoms with van der Waals surface area (Å²) >= 11 is 6.18. The Hall–Kier alpha value is -3.32. The third-order valence-corrected chi connectivity index (χ3v) is 5.60. The molecule has 0 unspecified atom stereocenters. The van der Waals surface area contributed by atoms with Gasteiger partial charge in [-0.05, 0) is 56.7 Å². The summed E-state index contributed by atoms with van der Waals surface area (Å²) in [7, 11) is 5.78. The van der Waals surface area contributed by atoms with Crippen molar-refractivity contribution in [2.45, 2.75) is 27.3 Å². The summed E-state index contributed by atoms with van der Waals surface area (Å²) in [6.07, 6.45) is 0. The molecule has 168 valence electrons. The maximum Gasteiger partial charge on any atom is 0.258 e. The highest BCUT2D eigenvalue weighted by molar-refractivity contribution is 6.31. The number of halogens is 1. The molecular formula is C24H29ClN6O. The van der Waals surface area contributed by atoms with E-state index in [-0.39, 0.29) is 5.91 Å². The van der Waals surface area contributed by atoms with Gasteiger partial charge in [0.15, 0.2) is 0 Å². The minimum atomic E-state index is -0.251. The van der Waals surface area contributed by atoms with Gasteiger partial charge in [0.2, 0.25) is 5.96 Å². The van der Waals surface area contributed by atoms with Crippen molar-refractivity contribution in [2.75, 3.05) is 24.3 Å². The lowest BCUT2D eigenvalue weighted by Gasteiger charge is -2.16. The number of guanidine groups is 1. The molecule has 7 nitrogen and oxygen atoms in total. The number of amides is 1. The van der Waals surface area contributed by atoms with Crippen molar-refractivity contribution in [3.8, 4) is 0 Å². The smallest absolute Gasteiger partial charge is 0.258 e. The van der Waals surface area contributed by atoms with Gasteiger partial charge >= 0.3 is 0 Å². The molecule has 0 atom stereocenters. The lowest BCUT2D eigenvalue weighted by Crippen LogP contribution is -2.36. The second kappa shape index (κ2) is 9.87. The summed E-state index contributed by atoms with van der Waals surface area (Å²) in [4.78, 5) is 19.7. The Morgan fingerprint density at radius 1 is 1.16 bits per heavy atom. The molecule has 1 amide bonds. The number of nitrogens with zero attached hydrogens (tertiary/aromatic N) is 4. The average molecular weight is 453 g/mol. The molecule has 3 aromatic rings. The SMILES string of the molecule is Cc1ccc(Cl)cc1NC(=NCc1c(C)nn(C)c1C)NC(=O)c1cccc(N(C)C)c1. The molecule has 1 heterocycles. The van der Waals surface area contributed by atoms with E-state index < -0.39 is 0 Å². The Kier molecular flexibility index (Phi) is 7.20. The number of benzene rings is 2. The number of aryl methyl sites for hydroxylation is 3. The predicted octanol–water partition coefficient (Wildman–Crippen LogP) is 4.46. The van der Waals surface area contributed by atoms with Gasteiger partial charge in [0.25, 0.3) is 5.91 Å². The Labute approximate surface area is 194 Å². The highest BCUT2D eigenvalue weighted by Crippen LogP contribution is 2.21. The highest BCUT2D eigenvalue weighted by Gasteiger charge is 2.14. The van der Waals surface area contributed by atoms with Gasteiger partial charge in [0, 0.05) is 54.4 Å². The number of rotatable bonds is 5. The molecule has 8 heteroatoms. The fourth-order valence-corrected chi connectivity index (χ4v) is 3.45. The van der Waals surface area contributed by atoms with E-state index in [2.05, 4.69) is 20.7 Å². The lowest BCUT2D eigenvalue weighted by atomic mass is 10.2. The molecule has 1 aromatic heterocycles. The average Bonchev–Trinajstić information content (AvgIpc) is 3.00. The fraction of sp³-hybridized carbons (Fsp3) is 0.292. The summed E-state index contributed by atoms with van der Waals surface area (Å²) in [5, 5.41) is 11.2. The summed E-state index contributed by atoms with van der Waals surface area (Å²) in [6.45, 7) is 6.31. The van der Waals surface area contributed by atoms with Crippen LogP contribution in [0.2, 0.25) is 5.02 Å². The van der Waals surface area contributed by atoms with Crippen LogP contribution in [0, 0.1) is 20.8 Å². The molecule has 2 N–H and O–H groups in total. The summed E-state index contributed by atoms with van der Waals surface area (Å²) < 4.78 is 1.83. The Bertz CT molecular complexity index is 1170. The topological polar surface area (TPSA) is 74.5 Å². The monoisotopic (exact) mass is 452 g/mol. The van der Waals surface area contributed by atoms with Crippen molar-refractivity contribution in [2.24, 2.45) is 12.0 Å². The molecule has 0 radical (unpaired) electrons. The molecule has 32 heavy (non-hydrogen) atoms. The molecule has 0 saturated heterocycles. The normalized spacial score (nSPS) is 11.4. The van der Waals surface area contributed by atoms with E-state index in [9.17, 15) is 4.79 Å². The Morgan fingerprint density at radius 2 is 1.91 bits per heavy atom. The van der Waals surface area contributed by atoms with Gasteiger partial charge in [-0.1, -0.05) is 23.7 Å². The maximum absolute atomic E-state index is 13.0. The number of aliphatic imine (C=N–C) groups is 1. The van der Waals surface area contributed by atoms with E-state index >= 15 is 0 Å². The fourth-order valence-electron chi connectivity index (χ4n) is 3.28. The zero-order valence-electron chi connectivity index (χ0n) is 19.3. The summed E-state index contributed by atoms with van der Waals surface area (Å²) in [5.41, 5.74) is 6.22. The van der Waals surface area contributed by atoms with E-state index in [1.165, 1.54) is 0 Å². The highest BCUT2D eigenvalue weighted by atomic mass is 35.5. The van der Waals surface area contributed by atoms with Crippen LogP contribution in [-0.4, -0.2) is 35.7 Å². The first-order valence-electron chi connectivity index (χ1n) is 10.3. The van der Waals surface area contributed by atoms with Gasteiger partial charge in [-0.3, -0.25) is 14.8 Å². The number of anilines is 2. The van der Waals surface area contributed by atoms with Crippen LogP contribution in [0.4, 0.5) is 11.4 Å². The number of hydrogen-bond acceptors (Lipinski definition) is 4. The van der Waals surface area contributed by atoms with E-state index in [0.29, 0.717) is 23.1 Å². The first-order valence-corrected chi connectivity index (χ1v) is 10.7. The van der Waals surface area contributed by atoms with Crippen LogP contribution in [0.25, 0.3) is 0 Å². The van der Waals surface area contributed by atoms with E-state index in [0.717, 1.165) is 33.9 Å². The van der Waals surface area contributed by atoms with Gasteiger partial charge in [-0.25, -0.2) is 4.99 Å². The maximum atomic E-state index is 13.0. The first kappa shape index (κ1) is 23.3. The van der Waals surface area contributed by atoms with Crippen LogP contribution in [-0.2, 0) is 13.6 Å². The predicted molar refractivity (Wildman–Crippen MR) is 132 cm³/mol. The Morgan fingerprint density at radius 3 is 2.56 bits per heavy atom. The molecular weight excluding hydrogens is 424 g/mol. The largest absolute Gasteiger partial charge is 0.378 e. The van der Waals surface area contributed by atoms with E-state index in [4.69, 9.17) is 11.6 Å². The number of hydrogen-bond donors (Lipinski definition) is 2. The van der Waals surface area contributed by atoms with Crippen LogP contribution in [0.15, 0.2) is 47.5 Å². The van der Waals surface area contributed by atoms with E-state index in [1.807, 2.05) is 87.9 Å². The molecule has 2 aromatic carbocycles. The standard InChI is InChI=1S/C24H29ClN6O/c1-15-10-11-19(25)13-22(15)27-24(26-14-21-16(2)29-31(6)17(21)3)28-23(32)18-8-7-9-20(12-18)30(4)5/h7-13H,14H2,1-6H3,(H2,26,27,28,32). The molecule has 0 aliphatic rings. The third-order valence-electron chi connectivity index (χ3n) is 5.36. The van der Waals surface area contributed by atoms with E-state index in [1.54, 1.807) is 6.07 Å². The van der Waals surface area contributed by atoms with Crippen molar-refractivity contribution >= 4 is 34.8 Å². The van der Waals surface area contributed by atoms with Crippen molar-refractivity contribution in [3.05, 3.63) is 75.6 Å². The van der Waals surface area contributed by atoms with Crippen molar-refractivity contribution in [1.82, 2.24) is 15.1 Å². The summed E-state index contributed by atoms with van der Waals surface area (Å²) in [5.74, 6) is 0.0949. The van der Waals surface area contributed by atoms with Crippen LogP contribution >= 0.6 is 11.6 Å². The van der Waals surface area contributed by atoms with Crippen LogP contribution in [0.5, 0.6) is 0 Å². The van der Waals surface area contributed by atoms with Gasteiger partial charge in [-0.15, -0.1) is 0 Å². The third kappa shape index (κ3) is 5.48. The molecule has 0 aliphatic carbocycles. The van der Waals surface area contributed by atoms with Crippen molar-refractivity contribution in [3.63, 3.8) is 0 Å². The van der Waals surface area contributed by atoms with Crippen LogP contribution < -0.4 is 15.5 Å². The van der Waals surface area contributed by atoms with Crippen LogP contribution in [0.3, 0.4) is 0 Å². The minimum absolute atomic E-state index is 0.251. The number of carbonyl (C=O) groups excluding carboxylic acids is 1.